The Labute approximate surface area is 118 Å². The smallest absolute Gasteiger partial charge is 0.287 e. The van der Waals surface area contributed by atoms with Crippen molar-refractivity contribution in [2.75, 3.05) is 18.0 Å². The van der Waals surface area contributed by atoms with Crippen LogP contribution >= 0.6 is 11.6 Å². The third kappa shape index (κ3) is 2.92. The highest BCUT2D eigenvalue weighted by Crippen LogP contribution is 2.29. The molecule has 2 N–H and O–H groups in total. The standard InChI is InChI=1S/C13H21ClN4O/c1-2-18-13(19)12(14)11(9-16-18)17-8-4-3-5-10(17)6-7-15/h9-10H,2-8,15H2,1H3. The van der Waals surface area contributed by atoms with Crippen LogP contribution in [0.4, 0.5) is 5.69 Å². The van der Waals surface area contributed by atoms with E-state index in [1.165, 1.54) is 11.1 Å². The summed E-state index contributed by atoms with van der Waals surface area (Å²) in [6.45, 7) is 3.98. The van der Waals surface area contributed by atoms with Crippen molar-refractivity contribution in [3.63, 3.8) is 0 Å². The Morgan fingerprint density at radius 2 is 2.32 bits per heavy atom. The van der Waals surface area contributed by atoms with Crippen molar-refractivity contribution in [2.24, 2.45) is 5.73 Å². The minimum atomic E-state index is -0.210. The molecule has 0 saturated carbocycles. The molecule has 0 bridgehead atoms. The zero-order chi connectivity index (χ0) is 13.8. The molecule has 0 spiro atoms. The lowest BCUT2D eigenvalue weighted by atomic mass is 9.99. The first-order valence-electron chi connectivity index (χ1n) is 6.91. The van der Waals surface area contributed by atoms with Crippen molar-refractivity contribution in [1.82, 2.24) is 9.78 Å². The fraction of sp³-hybridized carbons (Fsp3) is 0.692. The summed E-state index contributed by atoms with van der Waals surface area (Å²) in [4.78, 5) is 14.2. The number of piperidine rings is 1. The van der Waals surface area contributed by atoms with Crippen LogP contribution in [0.5, 0.6) is 0 Å². The molecule has 5 nitrogen and oxygen atoms in total. The molecular weight excluding hydrogens is 264 g/mol. The molecule has 1 aliphatic rings. The van der Waals surface area contributed by atoms with E-state index in [0.717, 1.165) is 31.5 Å². The van der Waals surface area contributed by atoms with Gasteiger partial charge in [0.05, 0.1) is 11.9 Å². The van der Waals surface area contributed by atoms with Gasteiger partial charge in [-0.1, -0.05) is 11.6 Å². The maximum absolute atomic E-state index is 12.0. The molecule has 106 valence electrons. The summed E-state index contributed by atoms with van der Waals surface area (Å²) in [5.41, 5.74) is 6.22. The summed E-state index contributed by atoms with van der Waals surface area (Å²) in [6.07, 6.45) is 6.06. The average Bonchev–Trinajstić information content (AvgIpc) is 2.43. The predicted molar refractivity (Wildman–Crippen MR) is 77.8 cm³/mol. The monoisotopic (exact) mass is 284 g/mol. The topological polar surface area (TPSA) is 64.2 Å². The van der Waals surface area contributed by atoms with Crippen LogP contribution in [0.1, 0.15) is 32.6 Å². The Hall–Kier alpha value is -1.07. The number of halogens is 1. The molecule has 0 radical (unpaired) electrons. The Bertz CT molecular complexity index is 486. The number of nitrogens with zero attached hydrogens (tertiary/aromatic N) is 3. The molecule has 2 rings (SSSR count). The van der Waals surface area contributed by atoms with E-state index in [1.54, 1.807) is 6.20 Å². The van der Waals surface area contributed by atoms with Crippen LogP contribution < -0.4 is 16.2 Å². The normalized spacial score (nSPS) is 19.7. The molecule has 6 heteroatoms. The molecule has 1 fully saturated rings. The van der Waals surface area contributed by atoms with E-state index in [0.29, 0.717) is 19.1 Å². The number of anilines is 1. The number of nitrogens with two attached hydrogens (primary N) is 1. The van der Waals surface area contributed by atoms with E-state index in [9.17, 15) is 4.79 Å². The first-order chi connectivity index (χ1) is 9.19. The lowest BCUT2D eigenvalue weighted by Gasteiger charge is -2.37. The van der Waals surface area contributed by atoms with Crippen molar-refractivity contribution < 1.29 is 0 Å². The average molecular weight is 285 g/mol. The number of aromatic nitrogens is 2. The maximum Gasteiger partial charge on any atom is 0.287 e. The summed E-state index contributed by atoms with van der Waals surface area (Å²) < 4.78 is 1.38. The second kappa shape index (κ2) is 6.39. The maximum atomic E-state index is 12.0. The van der Waals surface area contributed by atoms with Gasteiger partial charge in [-0.3, -0.25) is 4.79 Å². The summed E-state index contributed by atoms with van der Waals surface area (Å²) >= 11 is 6.23. The first kappa shape index (κ1) is 14.3. The first-order valence-corrected chi connectivity index (χ1v) is 7.29. The molecule has 0 aromatic carbocycles. The van der Waals surface area contributed by atoms with E-state index >= 15 is 0 Å². The Morgan fingerprint density at radius 3 is 3.00 bits per heavy atom. The highest BCUT2D eigenvalue weighted by Gasteiger charge is 2.25. The van der Waals surface area contributed by atoms with Crippen molar-refractivity contribution in [2.45, 2.75) is 45.2 Å². The molecule has 1 atom stereocenters. The molecule has 1 saturated heterocycles. The van der Waals surface area contributed by atoms with Gasteiger partial charge in [0.1, 0.15) is 5.02 Å². The van der Waals surface area contributed by atoms with Crippen molar-refractivity contribution in [3.05, 3.63) is 21.6 Å². The van der Waals surface area contributed by atoms with Crippen LogP contribution in [0.2, 0.25) is 5.02 Å². The minimum Gasteiger partial charge on any atom is -0.366 e. The van der Waals surface area contributed by atoms with Gasteiger partial charge in [-0.05, 0) is 39.2 Å². The van der Waals surface area contributed by atoms with Crippen LogP contribution in [0.3, 0.4) is 0 Å². The lowest BCUT2D eigenvalue weighted by molar-refractivity contribution is 0.440. The highest BCUT2D eigenvalue weighted by atomic mass is 35.5. The molecule has 1 aromatic heterocycles. The van der Waals surface area contributed by atoms with E-state index in [-0.39, 0.29) is 10.6 Å². The van der Waals surface area contributed by atoms with Gasteiger partial charge in [-0.25, -0.2) is 4.68 Å². The lowest BCUT2D eigenvalue weighted by Crippen LogP contribution is -2.42. The van der Waals surface area contributed by atoms with Crippen LogP contribution in [0.15, 0.2) is 11.0 Å². The van der Waals surface area contributed by atoms with E-state index < -0.39 is 0 Å². The van der Waals surface area contributed by atoms with Gasteiger partial charge in [-0.2, -0.15) is 5.10 Å². The van der Waals surface area contributed by atoms with E-state index in [1.807, 2.05) is 6.92 Å². The predicted octanol–water partition coefficient (Wildman–Crippen LogP) is 1.62. The van der Waals surface area contributed by atoms with Crippen LogP contribution in [0, 0.1) is 0 Å². The second-order valence-electron chi connectivity index (χ2n) is 4.89. The third-order valence-electron chi connectivity index (χ3n) is 3.70. The van der Waals surface area contributed by atoms with Gasteiger partial charge < -0.3 is 10.6 Å². The van der Waals surface area contributed by atoms with Crippen LogP contribution in [-0.4, -0.2) is 28.9 Å². The van der Waals surface area contributed by atoms with Gasteiger partial charge in [0.25, 0.3) is 5.56 Å². The number of hydrogen-bond donors (Lipinski definition) is 1. The summed E-state index contributed by atoms with van der Waals surface area (Å²) in [7, 11) is 0. The van der Waals surface area contributed by atoms with Gasteiger partial charge in [-0.15, -0.1) is 0 Å². The van der Waals surface area contributed by atoms with Crippen LogP contribution in [-0.2, 0) is 6.54 Å². The van der Waals surface area contributed by atoms with Crippen molar-refractivity contribution in [1.29, 1.82) is 0 Å². The highest BCUT2D eigenvalue weighted by molar-refractivity contribution is 6.33. The van der Waals surface area contributed by atoms with Gasteiger partial charge in [0.15, 0.2) is 0 Å². The molecule has 0 aliphatic carbocycles. The molecule has 1 unspecified atom stereocenters. The van der Waals surface area contributed by atoms with Crippen molar-refractivity contribution >= 4 is 17.3 Å². The van der Waals surface area contributed by atoms with Crippen LogP contribution in [0.25, 0.3) is 0 Å². The minimum absolute atomic E-state index is 0.210. The molecule has 1 aliphatic heterocycles. The summed E-state index contributed by atoms with van der Waals surface area (Å²) in [5.74, 6) is 0. The molecule has 19 heavy (non-hydrogen) atoms. The number of rotatable bonds is 4. The Kier molecular flexibility index (Phi) is 4.82. The SMILES string of the molecule is CCn1ncc(N2CCCCC2CCN)c(Cl)c1=O. The van der Waals surface area contributed by atoms with Crippen molar-refractivity contribution in [3.8, 4) is 0 Å². The number of aryl methyl sites for hydroxylation is 1. The molecule has 0 amide bonds. The van der Waals surface area contributed by atoms with Gasteiger partial charge in [0, 0.05) is 19.1 Å². The fourth-order valence-corrected chi connectivity index (χ4v) is 2.95. The second-order valence-corrected chi connectivity index (χ2v) is 5.26. The zero-order valence-corrected chi connectivity index (χ0v) is 12.1. The molecular formula is C13H21ClN4O. The summed E-state index contributed by atoms with van der Waals surface area (Å²) in [5, 5.41) is 4.45. The largest absolute Gasteiger partial charge is 0.366 e. The third-order valence-corrected chi connectivity index (χ3v) is 4.06. The van der Waals surface area contributed by atoms with E-state index in [2.05, 4.69) is 10.00 Å². The summed E-state index contributed by atoms with van der Waals surface area (Å²) in [6, 6.07) is 0.370. The van der Waals surface area contributed by atoms with E-state index in [4.69, 9.17) is 17.3 Å². The Balaban J connectivity index is 2.34. The molecule has 1 aromatic rings. The fourth-order valence-electron chi connectivity index (χ4n) is 2.69. The van der Waals surface area contributed by atoms with Gasteiger partial charge in [0.2, 0.25) is 0 Å². The quantitative estimate of drug-likeness (QED) is 0.913. The Morgan fingerprint density at radius 1 is 1.53 bits per heavy atom. The molecule has 2 heterocycles. The zero-order valence-electron chi connectivity index (χ0n) is 11.3. The van der Waals surface area contributed by atoms with Gasteiger partial charge >= 0.3 is 0 Å². The number of hydrogen-bond acceptors (Lipinski definition) is 4.